The van der Waals surface area contributed by atoms with E-state index in [9.17, 15) is 4.79 Å². The fourth-order valence-electron chi connectivity index (χ4n) is 1.32. The Morgan fingerprint density at radius 1 is 1.44 bits per heavy atom. The van der Waals surface area contributed by atoms with E-state index >= 15 is 0 Å². The maximum atomic E-state index is 11.2. The molecule has 0 saturated carbocycles. The molecule has 16 heavy (non-hydrogen) atoms. The molecular formula is C13H17NO2. The van der Waals surface area contributed by atoms with E-state index in [1.165, 1.54) is 6.08 Å². The number of carbonyl (C=O) groups is 1. The maximum absolute atomic E-state index is 11.2. The molecule has 3 nitrogen and oxygen atoms in total. The topological polar surface area (TPSA) is 38.3 Å². The standard InChI is InChI=1S/C13H17NO2/c1-4-16-13(15)9-11(3)14-12-8-6-5-7-10(12)2/h5-9,14H,4H2,1-3H3. The van der Waals surface area contributed by atoms with Crippen molar-refractivity contribution in [2.24, 2.45) is 0 Å². The third-order valence-corrected chi connectivity index (χ3v) is 2.10. The number of rotatable bonds is 4. The van der Waals surface area contributed by atoms with Crippen LogP contribution in [0, 0.1) is 6.92 Å². The first kappa shape index (κ1) is 12.3. The van der Waals surface area contributed by atoms with Gasteiger partial charge < -0.3 is 10.1 Å². The van der Waals surface area contributed by atoms with Gasteiger partial charge in [0.2, 0.25) is 0 Å². The molecule has 86 valence electrons. The number of carbonyl (C=O) groups excluding carboxylic acids is 1. The van der Waals surface area contributed by atoms with E-state index in [1.54, 1.807) is 6.92 Å². The molecule has 0 aliphatic rings. The molecule has 0 heterocycles. The first-order valence-corrected chi connectivity index (χ1v) is 5.31. The summed E-state index contributed by atoms with van der Waals surface area (Å²) in [5.41, 5.74) is 2.91. The van der Waals surface area contributed by atoms with Gasteiger partial charge in [0.05, 0.1) is 6.61 Å². The van der Waals surface area contributed by atoms with Crippen LogP contribution in [0.25, 0.3) is 0 Å². The summed E-state index contributed by atoms with van der Waals surface area (Å²) < 4.78 is 4.83. The first-order valence-electron chi connectivity index (χ1n) is 5.31. The summed E-state index contributed by atoms with van der Waals surface area (Å²) in [5.74, 6) is -0.318. The summed E-state index contributed by atoms with van der Waals surface area (Å²) >= 11 is 0. The number of ether oxygens (including phenoxy) is 1. The van der Waals surface area contributed by atoms with E-state index in [-0.39, 0.29) is 5.97 Å². The number of aryl methyl sites for hydroxylation is 1. The van der Waals surface area contributed by atoms with Gasteiger partial charge in [-0.3, -0.25) is 0 Å². The van der Waals surface area contributed by atoms with Gasteiger partial charge in [-0.15, -0.1) is 0 Å². The van der Waals surface area contributed by atoms with E-state index < -0.39 is 0 Å². The zero-order valence-electron chi connectivity index (χ0n) is 9.91. The van der Waals surface area contributed by atoms with E-state index in [0.29, 0.717) is 6.61 Å². The van der Waals surface area contributed by atoms with Crippen molar-refractivity contribution in [2.45, 2.75) is 20.8 Å². The van der Waals surface area contributed by atoms with Crippen molar-refractivity contribution in [2.75, 3.05) is 11.9 Å². The van der Waals surface area contributed by atoms with Gasteiger partial charge in [-0.1, -0.05) is 18.2 Å². The zero-order valence-corrected chi connectivity index (χ0v) is 9.91. The average molecular weight is 219 g/mol. The van der Waals surface area contributed by atoms with E-state index in [1.807, 2.05) is 38.1 Å². The normalized spacial score (nSPS) is 11.1. The maximum Gasteiger partial charge on any atom is 0.332 e. The lowest BCUT2D eigenvalue weighted by Gasteiger charge is -2.09. The molecule has 1 aromatic rings. The molecule has 0 saturated heterocycles. The van der Waals surface area contributed by atoms with Crippen LogP contribution in [0.1, 0.15) is 19.4 Å². The number of nitrogens with one attached hydrogen (secondary N) is 1. The number of benzene rings is 1. The Balaban J connectivity index is 2.67. The summed E-state index contributed by atoms with van der Waals surface area (Å²) in [6.07, 6.45) is 1.45. The van der Waals surface area contributed by atoms with Gasteiger partial charge in [-0.2, -0.15) is 0 Å². The quantitative estimate of drug-likeness (QED) is 0.625. The Bertz CT molecular complexity index is 397. The summed E-state index contributed by atoms with van der Waals surface area (Å²) in [7, 11) is 0. The number of allylic oxidation sites excluding steroid dienone is 1. The van der Waals surface area contributed by atoms with Crippen molar-refractivity contribution >= 4 is 11.7 Å². The number of esters is 1. The SMILES string of the molecule is CCOC(=O)C=C(C)Nc1ccccc1C. The first-order chi connectivity index (χ1) is 7.63. The Morgan fingerprint density at radius 3 is 2.75 bits per heavy atom. The molecule has 1 aromatic carbocycles. The molecule has 0 aliphatic heterocycles. The summed E-state index contributed by atoms with van der Waals surface area (Å²) in [6, 6.07) is 7.91. The summed E-state index contributed by atoms with van der Waals surface area (Å²) in [6.45, 7) is 6.03. The van der Waals surface area contributed by atoms with Crippen LogP contribution in [0.5, 0.6) is 0 Å². The molecule has 1 N–H and O–H groups in total. The van der Waals surface area contributed by atoms with Crippen molar-refractivity contribution in [1.29, 1.82) is 0 Å². The Hall–Kier alpha value is -1.77. The third-order valence-electron chi connectivity index (χ3n) is 2.10. The number of para-hydroxylation sites is 1. The highest BCUT2D eigenvalue weighted by Crippen LogP contribution is 2.15. The van der Waals surface area contributed by atoms with Crippen LogP contribution in [-0.4, -0.2) is 12.6 Å². The summed E-state index contributed by atoms with van der Waals surface area (Å²) in [5, 5.41) is 3.16. The molecule has 0 fully saturated rings. The van der Waals surface area contributed by atoms with Gasteiger partial charge in [-0.25, -0.2) is 4.79 Å². The van der Waals surface area contributed by atoms with Crippen LogP contribution >= 0.6 is 0 Å². The van der Waals surface area contributed by atoms with Crippen LogP contribution < -0.4 is 5.32 Å². The van der Waals surface area contributed by atoms with E-state index in [4.69, 9.17) is 4.74 Å². The largest absolute Gasteiger partial charge is 0.463 e. The molecule has 0 amide bonds. The lowest BCUT2D eigenvalue weighted by molar-refractivity contribution is -0.137. The second-order valence-electron chi connectivity index (χ2n) is 3.52. The monoisotopic (exact) mass is 219 g/mol. The lowest BCUT2D eigenvalue weighted by Crippen LogP contribution is -2.04. The molecule has 3 heteroatoms. The van der Waals surface area contributed by atoms with Crippen molar-refractivity contribution in [1.82, 2.24) is 0 Å². The van der Waals surface area contributed by atoms with Gasteiger partial charge in [0.25, 0.3) is 0 Å². The molecule has 0 spiro atoms. The Morgan fingerprint density at radius 2 is 2.12 bits per heavy atom. The van der Waals surface area contributed by atoms with Crippen molar-refractivity contribution < 1.29 is 9.53 Å². The summed E-state index contributed by atoms with van der Waals surface area (Å²) in [4.78, 5) is 11.2. The predicted molar refractivity (Wildman–Crippen MR) is 65.2 cm³/mol. The minimum Gasteiger partial charge on any atom is -0.463 e. The molecular weight excluding hydrogens is 202 g/mol. The van der Waals surface area contributed by atoms with Gasteiger partial charge in [0.15, 0.2) is 0 Å². The van der Waals surface area contributed by atoms with Gasteiger partial charge in [0.1, 0.15) is 0 Å². The highest BCUT2D eigenvalue weighted by atomic mass is 16.5. The zero-order chi connectivity index (χ0) is 12.0. The van der Waals surface area contributed by atoms with Gasteiger partial charge >= 0.3 is 5.97 Å². The minimum atomic E-state index is -0.318. The van der Waals surface area contributed by atoms with E-state index in [0.717, 1.165) is 16.9 Å². The average Bonchev–Trinajstić information content (AvgIpc) is 2.21. The number of hydrogen-bond donors (Lipinski definition) is 1. The van der Waals surface area contributed by atoms with Crippen molar-refractivity contribution in [3.8, 4) is 0 Å². The Kier molecular flexibility index (Phi) is 4.58. The van der Waals surface area contributed by atoms with Crippen LogP contribution in [-0.2, 0) is 9.53 Å². The van der Waals surface area contributed by atoms with Crippen LogP contribution in [0.2, 0.25) is 0 Å². The number of anilines is 1. The molecule has 0 aliphatic carbocycles. The van der Waals surface area contributed by atoms with Crippen molar-refractivity contribution in [3.05, 3.63) is 41.6 Å². The molecule has 0 unspecified atom stereocenters. The highest BCUT2D eigenvalue weighted by molar-refractivity contribution is 5.83. The predicted octanol–water partition coefficient (Wildman–Crippen LogP) is 2.87. The molecule has 1 rings (SSSR count). The number of hydrogen-bond acceptors (Lipinski definition) is 3. The second-order valence-corrected chi connectivity index (χ2v) is 3.52. The van der Waals surface area contributed by atoms with Crippen molar-refractivity contribution in [3.63, 3.8) is 0 Å². The highest BCUT2D eigenvalue weighted by Gasteiger charge is 2.00. The fourth-order valence-corrected chi connectivity index (χ4v) is 1.32. The third kappa shape index (κ3) is 3.77. The second kappa shape index (κ2) is 5.95. The van der Waals surface area contributed by atoms with E-state index in [2.05, 4.69) is 5.32 Å². The molecule has 0 bridgehead atoms. The smallest absolute Gasteiger partial charge is 0.332 e. The molecule has 0 atom stereocenters. The molecule has 0 aromatic heterocycles. The van der Waals surface area contributed by atoms with Crippen LogP contribution in [0.3, 0.4) is 0 Å². The van der Waals surface area contributed by atoms with Gasteiger partial charge in [-0.05, 0) is 32.4 Å². The molecule has 0 radical (unpaired) electrons. The Labute approximate surface area is 96.1 Å². The minimum absolute atomic E-state index is 0.318. The van der Waals surface area contributed by atoms with Gasteiger partial charge in [0, 0.05) is 17.5 Å². The van der Waals surface area contributed by atoms with Crippen LogP contribution in [0.4, 0.5) is 5.69 Å². The fraction of sp³-hybridized carbons (Fsp3) is 0.308. The van der Waals surface area contributed by atoms with Crippen LogP contribution in [0.15, 0.2) is 36.0 Å². The lowest BCUT2D eigenvalue weighted by atomic mass is 10.2.